The van der Waals surface area contributed by atoms with Gasteiger partial charge in [0.25, 0.3) is 0 Å². The highest BCUT2D eigenvalue weighted by molar-refractivity contribution is 5.53. The molecule has 0 radical (unpaired) electrons. The van der Waals surface area contributed by atoms with E-state index < -0.39 is 0 Å². The van der Waals surface area contributed by atoms with Crippen molar-refractivity contribution in [2.45, 2.75) is 64.1 Å². The van der Waals surface area contributed by atoms with E-state index in [1.807, 2.05) is 6.20 Å². The maximum absolute atomic E-state index is 4.36. The van der Waals surface area contributed by atoms with E-state index in [0.29, 0.717) is 0 Å². The molecule has 3 heteroatoms. The van der Waals surface area contributed by atoms with Crippen LogP contribution >= 0.6 is 0 Å². The van der Waals surface area contributed by atoms with E-state index in [9.17, 15) is 0 Å². The van der Waals surface area contributed by atoms with E-state index in [1.165, 1.54) is 56.3 Å². The van der Waals surface area contributed by atoms with E-state index in [1.54, 1.807) is 0 Å². The second-order valence-corrected chi connectivity index (χ2v) is 5.94. The van der Waals surface area contributed by atoms with Crippen LogP contribution in [0.2, 0.25) is 0 Å². The van der Waals surface area contributed by atoms with Gasteiger partial charge in [-0.2, -0.15) is 0 Å². The molecule has 0 spiro atoms. The zero-order valence-corrected chi connectivity index (χ0v) is 11.9. The average Bonchev–Trinajstić information content (AvgIpc) is 3.30. The van der Waals surface area contributed by atoms with Gasteiger partial charge >= 0.3 is 0 Å². The second-order valence-electron chi connectivity index (χ2n) is 5.94. The van der Waals surface area contributed by atoms with Gasteiger partial charge in [-0.3, -0.25) is 4.98 Å². The lowest BCUT2D eigenvalue weighted by atomic mass is 10.2. The van der Waals surface area contributed by atoms with Gasteiger partial charge in [-0.05, 0) is 43.7 Å². The summed E-state index contributed by atoms with van der Waals surface area (Å²) in [5.74, 6) is 0. The number of rotatable bonds is 8. The summed E-state index contributed by atoms with van der Waals surface area (Å²) < 4.78 is 0. The number of nitrogens with one attached hydrogen (secondary N) is 1. The van der Waals surface area contributed by atoms with Gasteiger partial charge in [0.1, 0.15) is 0 Å². The first kappa shape index (κ1) is 12.9. The Morgan fingerprint density at radius 2 is 2.16 bits per heavy atom. The summed E-state index contributed by atoms with van der Waals surface area (Å²) in [6, 6.07) is 3.73. The summed E-state index contributed by atoms with van der Waals surface area (Å²) in [4.78, 5) is 6.96. The maximum atomic E-state index is 4.36. The predicted octanol–water partition coefficient (Wildman–Crippen LogP) is 3.10. The fraction of sp³-hybridized carbons (Fsp3) is 0.688. The average molecular weight is 259 g/mol. The minimum absolute atomic E-state index is 0.769. The highest BCUT2D eigenvalue weighted by Crippen LogP contribution is 2.33. The zero-order chi connectivity index (χ0) is 13.1. The summed E-state index contributed by atoms with van der Waals surface area (Å²) in [6.45, 7) is 4.45. The lowest BCUT2D eigenvalue weighted by Crippen LogP contribution is -2.29. The van der Waals surface area contributed by atoms with Crippen LogP contribution in [0.4, 0.5) is 5.69 Å². The first-order valence-electron chi connectivity index (χ1n) is 7.81. The molecule has 19 heavy (non-hydrogen) atoms. The molecule has 0 saturated heterocycles. The number of nitrogens with zero attached hydrogens (tertiary/aromatic N) is 2. The van der Waals surface area contributed by atoms with Gasteiger partial charge in [-0.15, -0.1) is 0 Å². The third-order valence-electron chi connectivity index (χ3n) is 4.10. The summed E-state index contributed by atoms with van der Waals surface area (Å²) in [7, 11) is 0. The Balaban J connectivity index is 1.71. The molecule has 0 aliphatic heterocycles. The third-order valence-corrected chi connectivity index (χ3v) is 4.10. The summed E-state index contributed by atoms with van der Waals surface area (Å²) >= 11 is 0. The standard InChI is InChI=1S/C16H25N3/c1-2-3-10-19(15-6-7-15)16-12-17-9-8-13(16)11-18-14-4-5-14/h8-9,12,14-15,18H,2-7,10-11H2,1H3. The number of unbranched alkanes of at least 4 members (excludes halogenated alkanes) is 1. The van der Waals surface area contributed by atoms with E-state index in [-0.39, 0.29) is 0 Å². The third kappa shape index (κ3) is 3.47. The molecule has 1 N–H and O–H groups in total. The van der Waals surface area contributed by atoms with Crippen LogP contribution in [0.3, 0.4) is 0 Å². The van der Waals surface area contributed by atoms with E-state index in [4.69, 9.17) is 0 Å². The van der Waals surface area contributed by atoms with Gasteiger partial charge in [0.2, 0.25) is 0 Å². The normalized spacial score (nSPS) is 18.6. The van der Waals surface area contributed by atoms with Crippen LogP contribution in [0.25, 0.3) is 0 Å². The maximum Gasteiger partial charge on any atom is 0.0600 e. The van der Waals surface area contributed by atoms with Crippen molar-refractivity contribution < 1.29 is 0 Å². The number of anilines is 1. The highest BCUT2D eigenvalue weighted by atomic mass is 15.2. The Kier molecular flexibility index (Phi) is 4.02. The smallest absolute Gasteiger partial charge is 0.0600 e. The molecule has 0 aromatic carbocycles. The van der Waals surface area contributed by atoms with Gasteiger partial charge in [-0.1, -0.05) is 13.3 Å². The molecular weight excluding hydrogens is 234 g/mol. The van der Waals surface area contributed by atoms with Crippen molar-refractivity contribution in [3.05, 3.63) is 24.0 Å². The molecule has 2 fully saturated rings. The first-order chi connectivity index (χ1) is 9.38. The monoisotopic (exact) mass is 259 g/mol. The van der Waals surface area contributed by atoms with Crippen LogP contribution in [-0.2, 0) is 6.54 Å². The van der Waals surface area contributed by atoms with Gasteiger partial charge < -0.3 is 10.2 Å². The molecule has 2 aliphatic carbocycles. The lowest BCUT2D eigenvalue weighted by Gasteiger charge is -2.26. The predicted molar refractivity (Wildman–Crippen MR) is 79.4 cm³/mol. The molecule has 0 bridgehead atoms. The van der Waals surface area contributed by atoms with Crippen molar-refractivity contribution in [2.24, 2.45) is 0 Å². The summed E-state index contributed by atoms with van der Waals surface area (Å²) in [5, 5.41) is 3.63. The summed E-state index contributed by atoms with van der Waals surface area (Å²) in [5.41, 5.74) is 2.79. The fourth-order valence-electron chi connectivity index (χ4n) is 2.58. The number of aromatic nitrogens is 1. The SMILES string of the molecule is CCCCN(c1cnccc1CNC1CC1)C1CC1. The van der Waals surface area contributed by atoms with Crippen LogP contribution in [0, 0.1) is 0 Å². The Morgan fingerprint density at radius 3 is 2.84 bits per heavy atom. The first-order valence-corrected chi connectivity index (χ1v) is 7.81. The van der Waals surface area contributed by atoms with Crippen molar-refractivity contribution in [2.75, 3.05) is 11.4 Å². The van der Waals surface area contributed by atoms with Crippen molar-refractivity contribution in [3.63, 3.8) is 0 Å². The highest BCUT2D eigenvalue weighted by Gasteiger charge is 2.30. The molecule has 0 atom stereocenters. The molecule has 104 valence electrons. The Bertz CT molecular complexity index is 410. The molecule has 0 unspecified atom stereocenters. The van der Waals surface area contributed by atoms with Gasteiger partial charge in [-0.25, -0.2) is 0 Å². The number of hydrogen-bond acceptors (Lipinski definition) is 3. The van der Waals surface area contributed by atoms with Crippen LogP contribution in [0.15, 0.2) is 18.5 Å². The fourth-order valence-corrected chi connectivity index (χ4v) is 2.58. The summed E-state index contributed by atoms with van der Waals surface area (Å²) in [6.07, 6.45) is 11.9. The van der Waals surface area contributed by atoms with Crippen LogP contribution in [-0.4, -0.2) is 23.6 Å². The molecule has 0 amide bonds. The van der Waals surface area contributed by atoms with Crippen molar-refractivity contribution in [3.8, 4) is 0 Å². The molecule has 2 aliphatic rings. The number of pyridine rings is 1. The second kappa shape index (κ2) is 5.91. The molecule has 3 rings (SSSR count). The van der Waals surface area contributed by atoms with E-state index in [2.05, 4.69) is 34.4 Å². The topological polar surface area (TPSA) is 28.2 Å². The van der Waals surface area contributed by atoms with Gasteiger partial charge in [0, 0.05) is 31.4 Å². The van der Waals surface area contributed by atoms with Crippen molar-refractivity contribution >= 4 is 5.69 Å². The molecule has 1 aromatic rings. The molecule has 1 heterocycles. The quantitative estimate of drug-likeness (QED) is 0.777. The van der Waals surface area contributed by atoms with Crippen LogP contribution in [0.1, 0.15) is 51.0 Å². The molecule has 2 saturated carbocycles. The van der Waals surface area contributed by atoms with Crippen LogP contribution in [0.5, 0.6) is 0 Å². The number of hydrogen-bond donors (Lipinski definition) is 1. The van der Waals surface area contributed by atoms with Crippen LogP contribution < -0.4 is 10.2 Å². The Labute approximate surface area is 116 Å². The Hall–Kier alpha value is -1.09. The van der Waals surface area contributed by atoms with E-state index in [0.717, 1.165) is 18.6 Å². The largest absolute Gasteiger partial charge is 0.367 e. The lowest BCUT2D eigenvalue weighted by molar-refractivity contribution is 0.672. The molecule has 3 nitrogen and oxygen atoms in total. The van der Waals surface area contributed by atoms with Gasteiger partial charge in [0.15, 0.2) is 0 Å². The van der Waals surface area contributed by atoms with Crippen molar-refractivity contribution in [1.82, 2.24) is 10.3 Å². The minimum Gasteiger partial charge on any atom is -0.367 e. The van der Waals surface area contributed by atoms with Gasteiger partial charge in [0.05, 0.1) is 11.9 Å². The molecule has 1 aromatic heterocycles. The Morgan fingerprint density at radius 1 is 1.32 bits per heavy atom. The minimum atomic E-state index is 0.769. The molecular formula is C16H25N3. The van der Waals surface area contributed by atoms with E-state index >= 15 is 0 Å². The van der Waals surface area contributed by atoms with Crippen molar-refractivity contribution in [1.29, 1.82) is 0 Å². The zero-order valence-electron chi connectivity index (χ0n) is 11.9.